The Balaban J connectivity index is 1.97. The van der Waals surface area contributed by atoms with E-state index < -0.39 is 0 Å². The van der Waals surface area contributed by atoms with Gasteiger partial charge in [0.2, 0.25) is 0 Å². The molecule has 0 spiro atoms. The molecule has 2 aliphatic rings. The van der Waals surface area contributed by atoms with Crippen molar-refractivity contribution in [2.24, 2.45) is 4.99 Å². The van der Waals surface area contributed by atoms with Crippen molar-refractivity contribution in [3.8, 4) is 0 Å². The Morgan fingerprint density at radius 1 is 1.15 bits per heavy atom. The number of para-hydroxylation sites is 1. The van der Waals surface area contributed by atoms with Crippen molar-refractivity contribution in [2.45, 2.75) is 6.42 Å². The van der Waals surface area contributed by atoms with Crippen molar-refractivity contribution >= 4 is 11.5 Å². The highest BCUT2D eigenvalue weighted by molar-refractivity contribution is 6.02. The Morgan fingerprint density at radius 3 is 2.65 bits per heavy atom. The van der Waals surface area contributed by atoms with Crippen LogP contribution in [-0.4, -0.2) is 48.9 Å². The highest BCUT2D eigenvalue weighted by Crippen LogP contribution is 2.26. The van der Waals surface area contributed by atoms with E-state index in [1.54, 1.807) is 0 Å². The monoisotopic (exact) mass is 267 g/mol. The number of rotatable bonds is 1. The highest BCUT2D eigenvalue weighted by Gasteiger charge is 2.21. The van der Waals surface area contributed by atoms with Gasteiger partial charge in [-0.15, -0.1) is 0 Å². The molecule has 0 amide bonds. The van der Waals surface area contributed by atoms with Crippen LogP contribution in [0.2, 0.25) is 0 Å². The maximum Gasteiger partial charge on any atom is 0.136 e. The van der Waals surface area contributed by atoms with Crippen LogP contribution in [0.5, 0.6) is 0 Å². The Labute approximate surface area is 120 Å². The minimum Gasteiger partial charge on any atom is -0.354 e. The van der Waals surface area contributed by atoms with Crippen LogP contribution in [0.4, 0.5) is 5.69 Å². The maximum atomic E-state index is 4.92. The molecule has 1 fully saturated rings. The van der Waals surface area contributed by atoms with Gasteiger partial charge < -0.3 is 9.80 Å². The number of nitrogens with zero attached hydrogens (tertiary/aromatic N) is 3. The number of hydrogen-bond donors (Lipinski definition) is 0. The molecule has 3 rings (SSSR count). The van der Waals surface area contributed by atoms with Crippen LogP contribution in [0, 0.1) is 0 Å². The molecule has 0 aromatic heterocycles. The van der Waals surface area contributed by atoms with Crippen LogP contribution in [0.3, 0.4) is 0 Å². The number of likely N-dealkylation sites (N-methyl/N-ethyl adjacent to an activating group) is 1. The molecule has 0 unspecified atom stereocenters. The molecule has 3 heteroatoms. The summed E-state index contributed by atoms with van der Waals surface area (Å²) >= 11 is 0. The van der Waals surface area contributed by atoms with Crippen molar-refractivity contribution in [2.75, 3.05) is 33.2 Å². The third-order valence-electron chi connectivity index (χ3n) is 4.04. The molecular weight excluding hydrogens is 246 g/mol. The number of allylic oxidation sites excluding steroid dienone is 1. The van der Waals surface area contributed by atoms with Crippen molar-refractivity contribution in [1.82, 2.24) is 9.80 Å². The number of aliphatic imine (C=N–C) groups is 1. The van der Waals surface area contributed by atoms with Gasteiger partial charge in [-0.25, -0.2) is 4.99 Å². The molecule has 20 heavy (non-hydrogen) atoms. The molecule has 0 saturated carbocycles. The maximum absolute atomic E-state index is 4.92. The Hall–Kier alpha value is -1.87. The van der Waals surface area contributed by atoms with Gasteiger partial charge in [0.15, 0.2) is 0 Å². The van der Waals surface area contributed by atoms with Gasteiger partial charge in [0, 0.05) is 31.8 Å². The van der Waals surface area contributed by atoms with Crippen molar-refractivity contribution in [1.29, 1.82) is 0 Å². The van der Waals surface area contributed by atoms with Gasteiger partial charge in [-0.2, -0.15) is 0 Å². The number of benzene rings is 1. The fourth-order valence-electron chi connectivity index (χ4n) is 2.73. The summed E-state index contributed by atoms with van der Waals surface area (Å²) in [5.74, 6) is 1.08. The summed E-state index contributed by atoms with van der Waals surface area (Å²) in [5, 5.41) is 0. The number of amidine groups is 1. The highest BCUT2D eigenvalue weighted by atomic mass is 15.3. The summed E-state index contributed by atoms with van der Waals surface area (Å²) in [4.78, 5) is 9.67. The number of fused-ring (bicyclic) bond motifs is 1. The summed E-state index contributed by atoms with van der Waals surface area (Å²) in [6.07, 6.45) is 5.11. The third kappa shape index (κ3) is 2.54. The van der Waals surface area contributed by atoms with E-state index in [1.165, 1.54) is 5.56 Å². The van der Waals surface area contributed by atoms with Gasteiger partial charge in [0.25, 0.3) is 0 Å². The van der Waals surface area contributed by atoms with E-state index in [1.807, 2.05) is 6.08 Å². The van der Waals surface area contributed by atoms with Gasteiger partial charge in [-0.1, -0.05) is 36.9 Å². The summed E-state index contributed by atoms with van der Waals surface area (Å²) < 4.78 is 0. The summed E-state index contributed by atoms with van der Waals surface area (Å²) in [6.45, 7) is 8.20. The lowest BCUT2D eigenvalue weighted by atomic mass is 10.1. The smallest absolute Gasteiger partial charge is 0.136 e. The lowest BCUT2D eigenvalue weighted by Crippen LogP contribution is -2.47. The van der Waals surface area contributed by atoms with Gasteiger partial charge in [0.1, 0.15) is 5.84 Å². The topological polar surface area (TPSA) is 18.8 Å². The first-order valence-electron chi connectivity index (χ1n) is 7.21. The lowest BCUT2D eigenvalue weighted by Gasteiger charge is -2.34. The zero-order valence-electron chi connectivity index (χ0n) is 12.0. The van der Waals surface area contributed by atoms with E-state index >= 15 is 0 Å². The second-order valence-electron chi connectivity index (χ2n) is 5.42. The quantitative estimate of drug-likeness (QED) is 0.779. The first kappa shape index (κ1) is 13.1. The Kier molecular flexibility index (Phi) is 3.70. The number of hydrogen-bond acceptors (Lipinski definition) is 3. The molecule has 0 aliphatic carbocycles. The number of piperazine rings is 1. The van der Waals surface area contributed by atoms with Gasteiger partial charge >= 0.3 is 0 Å². The van der Waals surface area contributed by atoms with E-state index in [0.717, 1.165) is 49.7 Å². The zero-order valence-corrected chi connectivity index (χ0v) is 12.0. The van der Waals surface area contributed by atoms with Gasteiger partial charge in [-0.3, -0.25) is 0 Å². The van der Waals surface area contributed by atoms with Crippen LogP contribution in [0.15, 0.2) is 53.6 Å². The summed E-state index contributed by atoms with van der Waals surface area (Å²) in [6, 6.07) is 8.40. The van der Waals surface area contributed by atoms with Gasteiger partial charge in [0.05, 0.1) is 5.69 Å². The van der Waals surface area contributed by atoms with Crippen molar-refractivity contribution in [3.63, 3.8) is 0 Å². The SMILES string of the molecule is C=CC1=CCc2ccccc2N=C1N1CCN(C)CC1. The second kappa shape index (κ2) is 5.63. The van der Waals surface area contributed by atoms with E-state index in [9.17, 15) is 0 Å². The summed E-state index contributed by atoms with van der Waals surface area (Å²) in [7, 11) is 2.17. The molecule has 0 N–H and O–H groups in total. The minimum atomic E-state index is 0.929. The average molecular weight is 267 g/mol. The molecule has 2 aliphatic heterocycles. The van der Waals surface area contributed by atoms with E-state index in [-0.39, 0.29) is 0 Å². The van der Waals surface area contributed by atoms with Crippen LogP contribution < -0.4 is 0 Å². The molecule has 104 valence electrons. The van der Waals surface area contributed by atoms with E-state index in [2.05, 4.69) is 53.8 Å². The normalized spacial score (nSPS) is 19.8. The predicted octanol–water partition coefficient (Wildman–Crippen LogP) is 2.63. The Morgan fingerprint density at radius 2 is 1.90 bits per heavy atom. The van der Waals surface area contributed by atoms with Crippen molar-refractivity contribution < 1.29 is 0 Å². The Bertz CT molecular complexity index is 563. The molecule has 0 atom stereocenters. The molecule has 1 aromatic carbocycles. The minimum absolute atomic E-state index is 0.929. The van der Waals surface area contributed by atoms with Crippen LogP contribution in [-0.2, 0) is 6.42 Å². The molecule has 3 nitrogen and oxygen atoms in total. The standard InChI is InChI=1S/C17H21N3/c1-3-14-8-9-15-6-4-5-7-16(15)18-17(14)20-12-10-19(2)11-13-20/h3-8H,1,9-13H2,2H3. The average Bonchev–Trinajstić information content (AvgIpc) is 2.67. The van der Waals surface area contributed by atoms with Crippen LogP contribution in [0.1, 0.15) is 5.56 Å². The van der Waals surface area contributed by atoms with E-state index in [4.69, 9.17) is 4.99 Å². The first-order chi connectivity index (χ1) is 9.78. The van der Waals surface area contributed by atoms with E-state index in [0.29, 0.717) is 0 Å². The van der Waals surface area contributed by atoms with Crippen LogP contribution >= 0.6 is 0 Å². The molecule has 0 bridgehead atoms. The fourth-order valence-corrected chi connectivity index (χ4v) is 2.73. The fraction of sp³-hybridized carbons (Fsp3) is 0.353. The van der Waals surface area contributed by atoms with Crippen molar-refractivity contribution in [3.05, 3.63) is 54.1 Å². The third-order valence-corrected chi connectivity index (χ3v) is 4.04. The molecular formula is C17H21N3. The molecule has 0 radical (unpaired) electrons. The first-order valence-corrected chi connectivity index (χ1v) is 7.21. The second-order valence-corrected chi connectivity index (χ2v) is 5.42. The predicted molar refractivity (Wildman–Crippen MR) is 84.6 cm³/mol. The summed E-state index contributed by atoms with van der Waals surface area (Å²) in [5.41, 5.74) is 3.54. The largest absolute Gasteiger partial charge is 0.354 e. The van der Waals surface area contributed by atoms with Crippen LogP contribution in [0.25, 0.3) is 0 Å². The molecule has 2 heterocycles. The van der Waals surface area contributed by atoms with Gasteiger partial charge in [-0.05, 0) is 25.1 Å². The molecule has 1 saturated heterocycles. The molecule has 1 aromatic rings. The lowest BCUT2D eigenvalue weighted by molar-refractivity contribution is 0.216. The zero-order chi connectivity index (χ0) is 13.9.